The van der Waals surface area contributed by atoms with Crippen LogP contribution in [0.3, 0.4) is 0 Å². The van der Waals surface area contributed by atoms with E-state index in [-0.39, 0.29) is 12.5 Å². The van der Waals surface area contributed by atoms with Crippen molar-refractivity contribution in [3.63, 3.8) is 0 Å². The molecule has 0 fully saturated rings. The average Bonchev–Trinajstić information content (AvgIpc) is 2.96. The minimum Gasteiger partial charge on any atom is -0.320 e. The van der Waals surface area contributed by atoms with E-state index in [9.17, 15) is 4.79 Å². The van der Waals surface area contributed by atoms with E-state index in [1.807, 2.05) is 18.4 Å². The van der Waals surface area contributed by atoms with Crippen molar-refractivity contribution >= 4 is 34.5 Å². The van der Waals surface area contributed by atoms with E-state index < -0.39 is 0 Å². The summed E-state index contributed by atoms with van der Waals surface area (Å²) in [5.74, 6) is 5.57. The normalized spacial score (nSPS) is 9.86. The summed E-state index contributed by atoms with van der Waals surface area (Å²) in [4.78, 5) is 13.1. The molecule has 2 aromatic rings. The van der Waals surface area contributed by atoms with Gasteiger partial charge in [-0.15, -0.1) is 11.3 Å². The summed E-state index contributed by atoms with van der Waals surface area (Å²) >= 11 is 7.40. The Morgan fingerprint density at radius 1 is 1.43 bits per heavy atom. The van der Waals surface area contributed by atoms with Crippen molar-refractivity contribution < 1.29 is 4.79 Å². The Morgan fingerprint density at radius 3 is 2.95 bits per heavy atom. The molecule has 21 heavy (non-hydrogen) atoms. The van der Waals surface area contributed by atoms with Crippen LogP contribution in [0.2, 0.25) is 5.02 Å². The van der Waals surface area contributed by atoms with Crippen molar-refractivity contribution in [2.24, 2.45) is 5.73 Å². The van der Waals surface area contributed by atoms with Gasteiger partial charge in [0.1, 0.15) is 0 Å². The number of carbonyl (C=O) groups excluding carboxylic acids is 1. The second-order valence-corrected chi connectivity index (χ2v) is 5.63. The lowest BCUT2D eigenvalue weighted by Gasteiger charge is -2.08. The van der Waals surface area contributed by atoms with Gasteiger partial charge in [-0.05, 0) is 41.6 Å². The van der Waals surface area contributed by atoms with Crippen molar-refractivity contribution in [2.75, 3.05) is 11.9 Å². The SMILES string of the molecule is CCc1ccsc1C(=O)Nc1ccc(Cl)cc1C#CCN. The Morgan fingerprint density at radius 2 is 2.24 bits per heavy atom. The molecular formula is C16H15ClN2OS. The Bertz CT molecular complexity index is 713. The molecule has 2 rings (SSSR count). The first kappa shape index (κ1) is 15.6. The fourth-order valence-electron chi connectivity index (χ4n) is 1.87. The Balaban J connectivity index is 2.29. The van der Waals surface area contributed by atoms with Crippen LogP contribution < -0.4 is 11.1 Å². The van der Waals surface area contributed by atoms with Crippen LogP contribution in [0, 0.1) is 11.8 Å². The number of aryl methyl sites for hydroxylation is 1. The highest BCUT2D eigenvalue weighted by Gasteiger charge is 2.13. The summed E-state index contributed by atoms with van der Waals surface area (Å²) in [6.45, 7) is 2.28. The lowest BCUT2D eigenvalue weighted by Crippen LogP contribution is -2.13. The summed E-state index contributed by atoms with van der Waals surface area (Å²) in [6.07, 6.45) is 0.826. The van der Waals surface area contributed by atoms with Crippen molar-refractivity contribution in [1.82, 2.24) is 0 Å². The Labute approximate surface area is 133 Å². The maximum Gasteiger partial charge on any atom is 0.266 e. The van der Waals surface area contributed by atoms with Crippen LogP contribution in [0.5, 0.6) is 0 Å². The van der Waals surface area contributed by atoms with Crippen LogP contribution in [-0.2, 0) is 6.42 Å². The van der Waals surface area contributed by atoms with E-state index in [4.69, 9.17) is 17.3 Å². The molecule has 3 nitrogen and oxygen atoms in total. The molecule has 1 aromatic carbocycles. The highest BCUT2D eigenvalue weighted by atomic mass is 35.5. The largest absolute Gasteiger partial charge is 0.320 e. The zero-order valence-electron chi connectivity index (χ0n) is 11.6. The van der Waals surface area contributed by atoms with E-state index in [2.05, 4.69) is 17.2 Å². The quantitative estimate of drug-likeness (QED) is 0.851. The number of hydrogen-bond donors (Lipinski definition) is 2. The molecule has 5 heteroatoms. The van der Waals surface area contributed by atoms with Gasteiger partial charge in [0.25, 0.3) is 5.91 Å². The molecule has 0 unspecified atom stereocenters. The zero-order valence-corrected chi connectivity index (χ0v) is 13.1. The van der Waals surface area contributed by atoms with Gasteiger partial charge in [0, 0.05) is 10.6 Å². The molecule has 1 amide bonds. The maximum atomic E-state index is 12.4. The number of benzene rings is 1. The smallest absolute Gasteiger partial charge is 0.266 e. The third kappa shape index (κ3) is 3.85. The number of halogens is 1. The molecule has 0 saturated carbocycles. The number of anilines is 1. The fraction of sp³-hybridized carbons (Fsp3) is 0.188. The van der Waals surface area contributed by atoms with E-state index >= 15 is 0 Å². The van der Waals surface area contributed by atoms with Gasteiger partial charge in [0.2, 0.25) is 0 Å². The van der Waals surface area contributed by atoms with Crippen LogP contribution in [0.4, 0.5) is 5.69 Å². The third-order valence-electron chi connectivity index (χ3n) is 2.89. The molecule has 0 aliphatic rings. The molecule has 0 aliphatic carbocycles. The standard InChI is InChI=1S/C16H15ClN2OS/c1-2-11-7-9-21-15(11)16(20)19-14-6-5-13(17)10-12(14)4-3-8-18/h5-7,9-10H,2,8,18H2,1H3,(H,19,20). The molecule has 0 radical (unpaired) electrons. The molecule has 108 valence electrons. The van der Waals surface area contributed by atoms with Gasteiger partial charge in [0.05, 0.1) is 17.1 Å². The highest BCUT2D eigenvalue weighted by Crippen LogP contribution is 2.23. The summed E-state index contributed by atoms with van der Waals surface area (Å²) in [5.41, 5.74) is 7.73. The summed E-state index contributed by atoms with van der Waals surface area (Å²) < 4.78 is 0. The van der Waals surface area contributed by atoms with Crippen LogP contribution >= 0.6 is 22.9 Å². The summed E-state index contributed by atoms with van der Waals surface area (Å²) in [5, 5.41) is 5.38. The van der Waals surface area contributed by atoms with E-state index in [0.29, 0.717) is 16.3 Å². The minimum atomic E-state index is -0.125. The van der Waals surface area contributed by atoms with Gasteiger partial charge in [-0.25, -0.2) is 0 Å². The van der Waals surface area contributed by atoms with Gasteiger partial charge < -0.3 is 11.1 Å². The molecule has 0 bridgehead atoms. The van der Waals surface area contributed by atoms with Gasteiger partial charge in [-0.1, -0.05) is 30.4 Å². The van der Waals surface area contributed by atoms with Crippen molar-refractivity contribution in [3.8, 4) is 11.8 Å². The Hall–Kier alpha value is -1.80. The number of carbonyl (C=O) groups is 1. The number of amides is 1. The van der Waals surface area contributed by atoms with Crippen LogP contribution in [0.25, 0.3) is 0 Å². The van der Waals surface area contributed by atoms with E-state index in [1.54, 1.807) is 18.2 Å². The zero-order chi connectivity index (χ0) is 15.2. The predicted molar refractivity (Wildman–Crippen MR) is 89.0 cm³/mol. The topological polar surface area (TPSA) is 55.1 Å². The monoisotopic (exact) mass is 318 g/mol. The highest BCUT2D eigenvalue weighted by molar-refractivity contribution is 7.12. The number of nitrogens with one attached hydrogen (secondary N) is 1. The lowest BCUT2D eigenvalue weighted by atomic mass is 10.1. The van der Waals surface area contributed by atoms with Crippen LogP contribution in [0.15, 0.2) is 29.6 Å². The average molecular weight is 319 g/mol. The Kier molecular flexibility index (Phi) is 5.40. The maximum absolute atomic E-state index is 12.4. The van der Waals surface area contributed by atoms with Gasteiger partial charge in [0.15, 0.2) is 0 Å². The van der Waals surface area contributed by atoms with Crippen molar-refractivity contribution in [2.45, 2.75) is 13.3 Å². The molecule has 1 heterocycles. The number of nitrogens with two attached hydrogens (primary N) is 1. The molecule has 0 saturated heterocycles. The van der Waals surface area contributed by atoms with Gasteiger partial charge in [-0.2, -0.15) is 0 Å². The summed E-state index contributed by atoms with van der Waals surface area (Å²) in [7, 11) is 0. The lowest BCUT2D eigenvalue weighted by molar-refractivity contribution is 0.103. The number of thiophene rings is 1. The number of hydrogen-bond acceptors (Lipinski definition) is 3. The molecule has 1 aromatic heterocycles. The fourth-order valence-corrected chi connectivity index (χ4v) is 2.93. The van der Waals surface area contributed by atoms with E-state index in [0.717, 1.165) is 16.9 Å². The van der Waals surface area contributed by atoms with Crippen LogP contribution in [0.1, 0.15) is 27.7 Å². The molecular weight excluding hydrogens is 304 g/mol. The van der Waals surface area contributed by atoms with Crippen molar-refractivity contribution in [1.29, 1.82) is 0 Å². The number of rotatable bonds is 3. The van der Waals surface area contributed by atoms with Crippen LogP contribution in [-0.4, -0.2) is 12.5 Å². The minimum absolute atomic E-state index is 0.125. The second kappa shape index (κ2) is 7.28. The molecule has 0 aliphatic heterocycles. The first-order valence-corrected chi connectivity index (χ1v) is 7.77. The van der Waals surface area contributed by atoms with Gasteiger partial charge >= 0.3 is 0 Å². The van der Waals surface area contributed by atoms with Gasteiger partial charge in [-0.3, -0.25) is 4.79 Å². The summed E-state index contributed by atoms with van der Waals surface area (Å²) in [6, 6.07) is 7.16. The molecule has 0 atom stereocenters. The van der Waals surface area contributed by atoms with Crippen molar-refractivity contribution in [3.05, 3.63) is 50.7 Å². The third-order valence-corrected chi connectivity index (χ3v) is 4.08. The first-order valence-electron chi connectivity index (χ1n) is 6.52. The molecule has 0 spiro atoms. The first-order chi connectivity index (χ1) is 10.2. The van der Waals surface area contributed by atoms with E-state index in [1.165, 1.54) is 11.3 Å². The molecule has 3 N–H and O–H groups in total. The predicted octanol–water partition coefficient (Wildman–Crippen LogP) is 3.53. The second-order valence-electron chi connectivity index (χ2n) is 4.28.